The van der Waals surface area contributed by atoms with Gasteiger partial charge in [0.05, 0.1) is 17.2 Å². The second-order valence-corrected chi connectivity index (χ2v) is 10.8. The lowest BCUT2D eigenvalue weighted by Gasteiger charge is -2.30. The summed E-state index contributed by atoms with van der Waals surface area (Å²) >= 11 is 1.17. The Labute approximate surface area is 196 Å². The first-order valence-electron chi connectivity index (χ1n) is 10.6. The number of carbonyl (C=O) groups excluding carboxylic acids is 2. The van der Waals surface area contributed by atoms with E-state index in [2.05, 4.69) is 15.6 Å². The number of amides is 2. The molecule has 2 amide bonds. The van der Waals surface area contributed by atoms with Crippen LogP contribution in [0.3, 0.4) is 0 Å². The summed E-state index contributed by atoms with van der Waals surface area (Å²) in [4.78, 5) is 29.8. The maximum atomic E-state index is 13.0. The van der Waals surface area contributed by atoms with Crippen molar-refractivity contribution in [2.75, 3.05) is 18.4 Å². The average Bonchev–Trinajstić information content (AvgIpc) is 3.40. The second-order valence-electron chi connectivity index (χ2n) is 7.71. The van der Waals surface area contributed by atoms with Crippen LogP contribution in [0.1, 0.15) is 28.8 Å². The zero-order valence-electron chi connectivity index (χ0n) is 17.8. The van der Waals surface area contributed by atoms with Crippen LogP contribution < -0.4 is 10.6 Å². The number of sulfonamides is 1. The van der Waals surface area contributed by atoms with Gasteiger partial charge in [0.2, 0.25) is 5.91 Å². The maximum Gasteiger partial charge on any atom is 0.253 e. The van der Waals surface area contributed by atoms with Crippen LogP contribution in [0.5, 0.6) is 0 Å². The molecule has 3 aromatic rings. The molecule has 8 nitrogen and oxygen atoms in total. The van der Waals surface area contributed by atoms with Crippen LogP contribution in [0.25, 0.3) is 0 Å². The number of nitrogens with one attached hydrogen (secondary N) is 2. The number of pyridine rings is 1. The number of aromatic nitrogens is 1. The van der Waals surface area contributed by atoms with E-state index in [9.17, 15) is 18.0 Å². The Bertz CT molecular complexity index is 1210. The topological polar surface area (TPSA) is 108 Å². The van der Waals surface area contributed by atoms with Crippen LogP contribution in [0, 0.1) is 5.92 Å². The molecule has 2 N–H and O–H groups in total. The average molecular weight is 485 g/mol. The predicted molar refractivity (Wildman–Crippen MR) is 126 cm³/mol. The van der Waals surface area contributed by atoms with Crippen molar-refractivity contribution >= 4 is 38.9 Å². The van der Waals surface area contributed by atoms with E-state index in [0.29, 0.717) is 37.2 Å². The third-order valence-corrected chi connectivity index (χ3v) is 8.69. The Morgan fingerprint density at radius 2 is 1.97 bits per heavy atom. The first kappa shape index (κ1) is 23.1. The zero-order chi connectivity index (χ0) is 23.3. The Balaban J connectivity index is 1.42. The summed E-state index contributed by atoms with van der Waals surface area (Å²) < 4.78 is 27.4. The van der Waals surface area contributed by atoms with Crippen LogP contribution in [0.15, 0.2) is 70.5 Å². The van der Waals surface area contributed by atoms with Crippen molar-refractivity contribution in [1.29, 1.82) is 0 Å². The molecule has 0 aliphatic carbocycles. The highest BCUT2D eigenvalue weighted by atomic mass is 32.2. The Kier molecular flexibility index (Phi) is 7.17. The largest absolute Gasteiger partial charge is 0.348 e. The number of hydrogen-bond acceptors (Lipinski definition) is 6. The fourth-order valence-electron chi connectivity index (χ4n) is 3.72. The molecule has 2 aromatic heterocycles. The molecule has 4 rings (SSSR count). The fraction of sp³-hybridized carbons (Fsp3) is 0.261. The zero-order valence-corrected chi connectivity index (χ0v) is 19.4. The number of anilines is 1. The van der Waals surface area contributed by atoms with Crippen molar-refractivity contribution in [3.63, 3.8) is 0 Å². The molecule has 172 valence electrons. The van der Waals surface area contributed by atoms with Gasteiger partial charge in [-0.25, -0.2) is 8.42 Å². The number of nitrogens with zero attached hydrogens (tertiary/aromatic N) is 2. The van der Waals surface area contributed by atoms with Crippen LogP contribution in [-0.4, -0.2) is 42.6 Å². The van der Waals surface area contributed by atoms with Gasteiger partial charge in [0.25, 0.3) is 15.9 Å². The number of benzene rings is 1. The molecule has 1 atom stereocenters. The number of carbonyl (C=O) groups is 2. The summed E-state index contributed by atoms with van der Waals surface area (Å²) in [6.07, 6.45) is 4.51. The molecule has 1 fully saturated rings. The number of piperidine rings is 1. The van der Waals surface area contributed by atoms with E-state index >= 15 is 0 Å². The molecule has 10 heteroatoms. The van der Waals surface area contributed by atoms with Gasteiger partial charge in [-0.3, -0.25) is 14.6 Å². The van der Waals surface area contributed by atoms with E-state index in [1.165, 1.54) is 15.6 Å². The van der Waals surface area contributed by atoms with Crippen molar-refractivity contribution in [3.8, 4) is 0 Å². The Morgan fingerprint density at radius 1 is 1.12 bits per heavy atom. The van der Waals surface area contributed by atoms with Crippen molar-refractivity contribution in [1.82, 2.24) is 14.6 Å². The van der Waals surface area contributed by atoms with Gasteiger partial charge >= 0.3 is 0 Å². The van der Waals surface area contributed by atoms with Gasteiger partial charge in [-0.2, -0.15) is 4.31 Å². The van der Waals surface area contributed by atoms with Gasteiger partial charge in [-0.1, -0.05) is 24.3 Å². The van der Waals surface area contributed by atoms with Gasteiger partial charge in [0.1, 0.15) is 4.21 Å². The molecule has 0 bridgehead atoms. The SMILES string of the molecule is O=C(NCc1cccnc1)c1ccccc1NC(=O)[C@@H]1CCCN(S(=O)(=O)c2cccs2)C1. The lowest BCUT2D eigenvalue weighted by molar-refractivity contribution is -0.120. The van der Waals surface area contributed by atoms with E-state index in [4.69, 9.17) is 0 Å². The summed E-state index contributed by atoms with van der Waals surface area (Å²) in [5.41, 5.74) is 1.60. The van der Waals surface area contributed by atoms with Gasteiger partial charge in [-0.05, 0) is 48.1 Å². The molecular weight excluding hydrogens is 460 g/mol. The molecule has 1 aromatic carbocycles. The highest BCUT2D eigenvalue weighted by Crippen LogP contribution is 2.27. The Morgan fingerprint density at radius 3 is 2.73 bits per heavy atom. The van der Waals surface area contributed by atoms with Crippen molar-refractivity contribution in [2.45, 2.75) is 23.6 Å². The first-order valence-corrected chi connectivity index (χ1v) is 12.9. The van der Waals surface area contributed by atoms with E-state index in [0.717, 1.165) is 5.56 Å². The highest BCUT2D eigenvalue weighted by molar-refractivity contribution is 7.91. The van der Waals surface area contributed by atoms with E-state index in [1.807, 2.05) is 6.07 Å². The molecular formula is C23H24N4O4S2. The summed E-state index contributed by atoms with van der Waals surface area (Å²) in [6.45, 7) is 0.811. The second kappa shape index (κ2) is 10.2. The van der Waals surface area contributed by atoms with Crippen molar-refractivity contribution in [2.24, 2.45) is 5.92 Å². The third kappa shape index (κ3) is 5.47. The van der Waals surface area contributed by atoms with Crippen LogP contribution >= 0.6 is 11.3 Å². The van der Waals surface area contributed by atoms with Crippen LogP contribution in [0.4, 0.5) is 5.69 Å². The predicted octanol–water partition coefficient (Wildman–Crippen LogP) is 3.11. The van der Waals surface area contributed by atoms with E-state index in [1.54, 1.807) is 60.2 Å². The van der Waals surface area contributed by atoms with Gasteiger partial charge in [-0.15, -0.1) is 11.3 Å². The summed E-state index contributed by atoms with van der Waals surface area (Å²) in [5.74, 6) is -1.12. The van der Waals surface area contributed by atoms with Crippen molar-refractivity contribution in [3.05, 3.63) is 77.4 Å². The highest BCUT2D eigenvalue weighted by Gasteiger charge is 2.34. The quantitative estimate of drug-likeness (QED) is 0.536. The minimum atomic E-state index is -3.61. The lowest BCUT2D eigenvalue weighted by Crippen LogP contribution is -2.43. The third-order valence-electron chi connectivity index (χ3n) is 5.45. The molecule has 0 spiro atoms. The summed E-state index contributed by atoms with van der Waals surface area (Å²) in [5, 5.41) is 7.39. The molecule has 0 radical (unpaired) electrons. The number of hydrogen-bond donors (Lipinski definition) is 2. The molecule has 3 heterocycles. The lowest BCUT2D eigenvalue weighted by atomic mass is 9.98. The molecule has 0 saturated carbocycles. The summed E-state index contributed by atoms with van der Waals surface area (Å²) in [7, 11) is -3.61. The fourth-order valence-corrected chi connectivity index (χ4v) is 6.39. The standard InChI is InChI=1S/C23H24N4O4S2/c28-22(18-7-4-12-27(16-18)33(30,31)21-10-5-13-32-21)26-20-9-2-1-8-19(20)23(29)25-15-17-6-3-11-24-14-17/h1-3,5-6,8-11,13-14,18H,4,7,12,15-16H2,(H,25,29)(H,26,28)/t18-/m1/s1. The minimum absolute atomic E-state index is 0.113. The smallest absolute Gasteiger partial charge is 0.253 e. The number of para-hydroxylation sites is 1. The van der Waals surface area contributed by atoms with Gasteiger partial charge < -0.3 is 10.6 Å². The number of rotatable bonds is 7. The molecule has 1 aliphatic rings. The van der Waals surface area contributed by atoms with Crippen LogP contribution in [-0.2, 0) is 21.4 Å². The number of thiophene rings is 1. The molecule has 1 aliphatic heterocycles. The maximum absolute atomic E-state index is 13.0. The van der Waals surface area contributed by atoms with Crippen molar-refractivity contribution < 1.29 is 18.0 Å². The minimum Gasteiger partial charge on any atom is -0.348 e. The van der Waals surface area contributed by atoms with Gasteiger partial charge in [0, 0.05) is 32.0 Å². The van der Waals surface area contributed by atoms with Gasteiger partial charge in [0.15, 0.2) is 0 Å². The first-order chi connectivity index (χ1) is 15.9. The Hall–Kier alpha value is -3.08. The normalized spacial score (nSPS) is 16.8. The molecule has 33 heavy (non-hydrogen) atoms. The molecule has 1 saturated heterocycles. The monoisotopic (exact) mass is 484 g/mol. The molecule has 0 unspecified atom stereocenters. The van der Waals surface area contributed by atoms with Crippen LogP contribution in [0.2, 0.25) is 0 Å². The summed E-state index contributed by atoms with van der Waals surface area (Å²) in [6, 6.07) is 13.7. The van der Waals surface area contributed by atoms with E-state index < -0.39 is 15.9 Å². The van der Waals surface area contributed by atoms with E-state index in [-0.39, 0.29) is 22.6 Å².